The topological polar surface area (TPSA) is 0 Å². The summed E-state index contributed by atoms with van der Waals surface area (Å²) < 4.78 is 60.7. The molecule has 1 aromatic carbocycles. The van der Waals surface area contributed by atoms with E-state index in [1.807, 2.05) is 0 Å². The highest BCUT2D eigenvalue weighted by atomic mass is 35.5. The Hall–Kier alpha value is -0.490. The Morgan fingerprint density at radius 3 is 2.06 bits per heavy atom. The van der Waals surface area contributed by atoms with Crippen molar-refractivity contribution in [1.82, 2.24) is 0 Å². The number of benzene rings is 1. The number of halogens is 6. The van der Waals surface area contributed by atoms with Crippen LogP contribution in [0.5, 0.6) is 0 Å². The molecule has 0 saturated heterocycles. The van der Waals surface area contributed by atoms with Gasteiger partial charge >= 0.3 is 12.1 Å². The van der Waals surface area contributed by atoms with Crippen LogP contribution in [0.15, 0.2) is 24.3 Å². The summed E-state index contributed by atoms with van der Waals surface area (Å²) in [7, 11) is 0. The molecule has 0 spiro atoms. The second-order valence-electron chi connectivity index (χ2n) is 3.63. The molecule has 0 nitrogen and oxygen atoms in total. The van der Waals surface area contributed by atoms with E-state index in [-0.39, 0.29) is 5.75 Å². The number of hydrogen-bond donors (Lipinski definition) is 0. The maximum Gasteiger partial charge on any atom is 0.453 e. The standard InChI is InChI=1S/C11H10ClF5S/c12-9-3-1-8(2-4-9)7-18-6-5-10(13,14)11(15,16)17/h1-4H,5-7H2. The van der Waals surface area contributed by atoms with E-state index in [1.54, 1.807) is 24.3 Å². The molecule has 0 aliphatic heterocycles. The van der Waals surface area contributed by atoms with Crippen molar-refractivity contribution in [1.29, 1.82) is 0 Å². The van der Waals surface area contributed by atoms with Crippen molar-refractivity contribution in [3.8, 4) is 0 Å². The summed E-state index contributed by atoms with van der Waals surface area (Å²) in [5, 5.41) is 0.548. The Labute approximate surface area is 111 Å². The molecule has 0 aromatic heterocycles. The van der Waals surface area contributed by atoms with Crippen LogP contribution in [0.2, 0.25) is 5.02 Å². The van der Waals surface area contributed by atoms with E-state index in [0.717, 1.165) is 17.3 Å². The summed E-state index contributed by atoms with van der Waals surface area (Å²) >= 11 is 6.68. The van der Waals surface area contributed by atoms with Crippen LogP contribution >= 0.6 is 23.4 Å². The van der Waals surface area contributed by atoms with Crippen LogP contribution in [0.25, 0.3) is 0 Å². The Balaban J connectivity index is 2.33. The summed E-state index contributed by atoms with van der Waals surface area (Å²) in [6.45, 7) is 0. The van der Waals surface area contributed by atoms with Crippen LogP contribution < -0.4 is 0 Å². The molecule has 0 saturated carbocycles. The van der Waals surface area contributed by atoms with E-state index >= 15 is 0 Å². The predicted molar refractivity (Wildman–Crippen MR) is 63.2 cm³/mol. The molecule has 18 heavy (non-hydrogen) atoms. The molecule has 0 radical (unpaired) electrons. The smallest absolute Gasteiger partial charge is 0.196 e. The molecule has 7 heteroatoms. The zero-order chi connectivity index (χ0) is 13.8. The fourth-order valence-corrected chi connectivity index (χ4v) is 2.21. The van der Waals surface area contributed by atoms with E-state index in [9.17, 15) is 22.0 Å². The zero-order valence-electron chi connectivity index (χ0n) is 9.11. The third-order valence-corrected chi connectivity index (χ3v) is 3.44. The molecule has 0 N–H and O–H groups in total. The van der Waals surface area contributed by atoms with Gasteiger partial charge in [-0.2, -0.15) is 33.7 Å². The molecule has 0 amide bonds. The third-order valence-electron chi connectivity index (χ3n) is 2.16. The summed E-state index contributed by atoms with van der Waals surface area (Å²) in [6, 6.07) is 6.69. The first-order valence-electron chi connectivity index (χ1n) is 4.99. The Morgan fingerprint density at radius 1 is 1.00 bits per heavy atom. The van der Waals surface area contributed by atoms with E-state index in [1.165, 1.54) is 0 Å². The largest absolute Gasteiger partial charge is 0.453 e. The second kappa shape index (κ2) is 6.10. The van der Waals surface area contributed by atoms with Gasteiger partial charge in [0.25, 0.3) is 0 Å². The zero-order valence-corrected chi connectivity index (χ0v) is 10.7. The van der Waals surface area contributed by atoms with Gasteiger partial charge in [0.1, 0.15) is 0 Å². The van der Waals surface area contributed by atoms with Crippen molar-refractivity contribution in [2.75, 3.05) is 5.75 Å². The number of alkyl halides is 5. The van der Waals surface area contributed by atoms with Gasteiger partial charge in [0.05, 0.1) is 0 Å². The summed E-state index contributed by atoms with van der Waals surface area (Å²) in [5.74, 6) is -4.49. The number of hydrogen-bond acceptors (Lipinski definition) is 1. The normalized spacial score (nSPS) is 12.8. The SMILES string of the molecule is FC(F)(F)C(F)(F)CCSCc1ccc(Cl)cc1. The molecular formula is C11H10ClF5S. The van der Waals surface area contributed by atoms with Gasteiger partial charge in [-0.05, 0) is 23.4 Å². The van der Waals surface area contributed by atoms with Crippen LogP contribution in [0.1, 0.15) is 12.0 Å². The Kier molecular flexibility index (Phi) is 5.28. The quantitative estimate of drug-likeness (QED) is 0.535. The van der Waals surface area contributed by atoms with Crippen LogP contribution in [-0.4, -0.2) is 17.9 Å². The predicted octanol–water partition coefficient (Wildman–Crippen LogP) is 5.16. The Morgan fingerprint density at radius 2 is 1.56 bits per heavy atom. The molecule has 0 bridgehead atoms. The molecule has 0 atom stereocenters. The highest BCUT2D eigenvalue weighted by molar-refractivity contribution is 7.98. The van der Waals surface area contributed by atoms with E-state index in [4.69, 9.17) is 11.6 Å². The maximum absolute atomic E-state index is 12.6. The van der Waals surface area contributed by atoms with Gasteiger partial charge in [0.15, 0.2) is 0 Å². The lowest BCUT2D eigenvalue weighted by molar-refractivity contribution is -0.282. The molecule has 0 aliphatic rings. The van der Waals surface area contributed by atoms with Gasteiger partial charge < -0.3 is 0 Å². The summed E-state index contributed by atoms with van der Waals surface area (Å²) in [6.07, 6.45) is -6.66. The minimum atomic E-state index is -5.46. The third kappa shape index (κ3) is 4.65. The lowest BCUT2D eigenvalue weighted by atomic mass is 10.2. The number of rotatable bonds is 5. The van der Waals surface area contributed by atoms with Gasteiger partial charge in [0, 0.05) is 17.2 Å². The lowest BCUT2D eigenvalue weighted by Gasteiger charge is -2.18. The van der Waals surface area contributed by atoms with Crippen LogP contribution in [0.3, 0.4) is 0 Å². The highest BCUT2D eigenvalue weighted by Gasteiger charge is 2.56. The minimum Gasteiger partial charge on any atom is -0.196 e. The van der Waals surface area contributed by atoms with Gasteiger partial charge in [-0.25, -0.2) is 0 Å². The molecule has 0 aliphatic carbocycles. The fourth-order valence-electron chi connectivity index (χ4n) is 1.11. The first kappa shape index (κ1) is 15.6. The van der Waals surface area contributed by atoms with Gasteiger partial charge in [0.2, 0.25) is 0 Å². The van der Waals surface area contributed by atoms with Gasteiger partial charge in [-0.15, -0.1) is 0 Å². The molecule has 0 unspecified atom stereocenters. The first-order chi connectivity index (χ1) is 8.22. The van der Waals surface area contributed by atoms with Crippen molar-refractivity contribution in [3.05, 3.63) is 34.9 Å². The monoisotopic (exact) mass is 304 g/mol. The molecule has 0 fully saturated rings. The van der Waals surface area contributed by atoms with Crippen molar-refractivity contribution in [2.45, 2.75) is 24.3 Å². The van der Waals surface area contributed by atoms with Crippen molar-refractivity contribution in [3.63, 3.8) is 0 Å². The van der Waals surface area contributed by atoms with Gasteiger partial charge in [-0.1, -0.05) is 23.7 Å². The van der Waals surface area contributed by atoms with E-state index < -0.39 is 18.5 Å². The maximum atomic E-state index is 12.6. The van der Waals surface area contributed by atoms with Gasteiger partial charge in [-0.3, -0.25) is 0 Å². The second-order valence-corrected chi connectivity index (χ2v) is 5.17. The summed E-state index contributed by atoms with van der Waals surface area (Å²) in [4.78, 5) is 0. The first-order valence-corrected chi connectivity index (χ1v) is 6.52. The van der Waals surface area contributed by atoms with E-state index in [0.29, 0.717) is 10.8 Å². The number of thioether (sulfide) groups is 1. The molecule has 102 valence electrons. The highest BCUT2D eigenvalue weighted by Crippen LogP contribution is 2.38. The molecule has 1 aromatic rings. The van der Waals surface area contributed by atoms with E-state index in [2.05, 4.69) is 0 Å². The lowest BCUT2D eigenvalue weighted by Crippen LogP contribution is -2.36. The average molecular weight is 305 g/mol. The minimum absolute atomic E-state index is 0.255. The van der Waals surface area contributed by atoms with Crippen LogP contribution in [0.4, 0.5) is 22.0 Å². The summed E-state index contributed by atoms with van der Waals surface area (Å²) in [5.41, 5.74) is 0.833. The van der Waals surface area contributed by atoms with Crippen molar-refractivity contribution < 1.29 is 22.0 Å². The Bertz CT molecular complexity index is 374. The molecule has 0 heterocycles. The average Bonchev–Trinajstić information content (AvgIpc) is 2.25. The van der Waals surface area contributed by atoms with Crippen molar-refractivity contribution in [2.24, 2.45) is 0 Å². The van der Waals surface area contributed by atoms with Crippen LogP contribution in [-0.2, 0) is 5.75 Å². The fraction of sp³-hybridized carbons (Fsp3) is 0.455. The molecule has 1 rings (SSSR count). The molecular weight excluding hydrogens is 295 g/mol. The van der Waals surface area contributed by atoms with Crippen molar-refractivity contribution >= 4 is 23.4 Å². The van der Waals surface area contributed by atoms with Crippen LogP contribution in [0, 0.1) is 0 Å².